The largest absolute Gasteiger partial charge is 0.326 e. The highest BCUT2D eigenvalue weighted by atomic mass is 15.2. The van der Waals surface area contributed by atoms with Crippen molar-refractivity contribution in [1.29, 1.82) is 0 Å². The molecule has 0 bridgehead atoms. The summed E-state index contributed by atoms with van der Waals surface area (Å²) in [6.45, 7) is 11.1. The fourth-order valence-corrected chi connectivity index (χ4v) is 2.48. The van der Waals surface area contributed by atoms with Crippen LogP contribution in [0.2, 0.25) is 0 Å². The average Bonchev–Trinajstić information content (AvgIpc) is 2.46. The van der Waals surface area contributed by atoms with Crippen LogP contribution < -0.4 is 5.73 Å². The quantitative estimate of drug-likeness (QED) is 0.783. The standard InChI is InChI=1S/C16H29N3/c1-5-13(4)12-19(7-3)16(15(17)6-2)14-8-10-18-11-9-14/h8-11,13,15-16H,5-7,12,17H2,1-4H3. The lowest BCUT2D eigenvalue weighted by Crippen LogP contribution is -2.42. The van der Waals surface area contributed by atoms with Crippen LogP contribution in [0.3, 0.4) is 0 Å². The molecule has 3 nitrogen and oxygen atoms in total. The van der Waals surface area contributed by atoms with Gasteiger partial charge in [-0.25, -0.2) is 0 Å². The minimum Gasteiger partial charge on any atom is -0.326 e. The van der Waals surface area contributed by atoms with Crippen molar-refractivity contribution in [2.45, 2.75) is 52.6 Å². The Morgan fingerprint density at radius 3 is 2.26 bits per heavy atom. The summed E-state index contributed by atoms with van der Waals surface area (Å²) in [4.78, 5) is 6.63. The summed E-state index contributed by atoms with van der Waals surface area (Å²) < 4.78 is 0. The molecule has 0 aliphatic carbocycles. The molecule has 0 spiro atoms. The molecule has 1 heterocycles. The van der Waals surface area contributed by atoms with Crippen LogP contribution in [0, 0.1) is 5.92 Å². The van der Waals surface area contributed by atoms with Crippen molar-refractivity contribution in [2.75, 3.05) is 13.1 Å². The lowest BCUT2D eigenvalue weighted by molar-refractivity contribution is 0.153. The molecule has 3 unspecified atom stereocenters. The molecule has 0 saturated carbocycles. The summed E-state index contributed by atoms with van der Waals surface area (Å²) in [7, 11) is 0. The van der Waals surface area contributed by atoms with E-state index in [0.29, 0.717) is 12.0 Å². The summed E-state index contributed by atoms with van der Waals surface area (Å²) >= 11 is 0. The number of hydrogen-bond donors (Lipinski definition) is 1. The number of aromatic nitrogens is 1. The van der Waals surface area contributed by atoms with Crippen LogP contribution in [0.5, 0.6) is 0 Å². The Labute approximate surface area is 118 Å². The van der Waals surface area contributed by atoms with E-state index in [1.54, 1.807) is 0 Å². The van der Waals surface area contributed by atoms with Gasteiger partial charge in [-0.15, -0.1) is 0 Å². The number of nitrogens with zero attached hydrogens (tertiary/aromatic N) is 2. The third-order valence-corrected chi connectivity index (χ3v) is 3.97. The second kappa shape index (κ2) is 8.28. The topological polar surface area (TPSA) is 42.2 Å². The third kappa shape index (κ3) is 4.59. The molecule has 1 rings (SSSR count). The molecule has 3 heteroatoms. The number of rotatable bonds is 8. The van der Waals surface area contributed by atoms with E-state index in [1.807, 2.05) is 12.4 Å². The Balaban J connectivity index is 2.94. The minimum atomic E-state index is 0.173. The number of pyridine rings is 1. The molecule has 1 aromatic heterocycles. The van der Waals surface area contributed by atoms with Gasteiger partial charge in [-0.2, -0.15) is 0 Å². The van der Waals surface area contributed by atoms with Gasteiger partial charge in [0.1, 0.15) is 0 Å². The van der Waals surface area contributed by atoms with Crippen LogP contribution in [0.1, 0.15) is 52.1 Å². The highest BCUT2D eigenvalue weighted by Gasteiger charge is 2.25. The maximum atomic E-state index is 6.38. The van der Waals surface area contributed by atoms with E-state index in [1.165, 1.54) is 12.0 Å². The van der Waals surface area contributed by atoms with E-state index in [0.717, 1.165) is 19.5 Å². The molecule has 3 atom stereocenters. The van der Waals surface area contributed by atoms with Gasteiger partial charge in [0.2, 0.25) is 0 Å². The van der Waals surface area contributed by atoms with Crippen molar-refractivity contribution in [2.24, 2.45) is 11.7 Å². The summed E-state index contributed by atoms with van der Waals surface area (Å²) in [5.74, 6) is 0.702. The van der Waals surface area contributed by atoms with Crippen LogP contribution in [0.4, 0.5) is 0 Å². The van der Waals surface area contributed by atoms with Crippen molar-refractivity contribution in [3.8, 4) is 0 Å². The zero-order valence-electron chi connectivity index (χ0n) is 12.8. The Bertz CT molecular complexity index is 339. The van der Waals surface area contributed by atoms with Gasteiger partial charge in [-0.3, -0.25) is 9.88 Å². The zero-order valence-corrected chi connectivity index (χ0v) is 12.8. The normalized spacial score (nSPS) is 16.3. The predicted molar refractivity (Wildman–Crippen MR) is 81.9 cm³/mol. The van der Waals surface area contributed by atoms with Crippen LogP contribution in [-0.4, -0.2) is 29.0 Å². The fourth-order valence-electron chi connectivity index (χ4n) is 2.48. The minimum absolute atomic E-state index is 0.173. The maximum absolute atomic E-state index is 6.38. The lowest BCUT2D eigenvalue weighted by atomic mass is 9.95. The SMILES string of the molecule is CCC(C)CN(CC)C(c1ccncc1)C(N)CC. The molecular weight excluding hydrogens is 234 g/mol. The van der Waals surface area contributed by atoms with E-state index < -0.39 is 0 Å². The van der Waals surface area contributed by atoms with Gasteiger partial charge in [0.15, 0.2) is 0 Å². The van der Waals surface area contributed by atoms with Crippen molar-refractivity contribution in [1.82, 2.24) is 9.88 Å². The van der Waals surface area contributed by atoms with Crippen LogP contribution in [0.15, 0.2) is 24.5 Å². The van der Waals surface area contributed by atoms with Gasteiger partial charge in [-0.05, 0) is 36.6 Å². The Kier molecular flexibility index (Phi) is 7.03. The summed E-state index contributed by atoms with van der Waals surface area (Å²) in [5, 5.41) is 0. The molecule has 0 fully saturated rings. The molecule has 0 amide bonds. The molecular formula is C16H29N3. The molecule has 0 radical (unpaired) electrons. The Morgan fingerprint density at radius 1 is 1.16 bits per heavy atom. The Morgan fingerprint density at radius 2 is 1.79 bits per heavy atom. The maximum Gasteiger partial charge on any atom is 0.0500 e. The van der Waals surface area contributed by atoms with Gasteiger partial charge in [0, 0.05) is 31.0 Å². The van der Waals surface area contributed by atoms with E-state index in [4.69, 9.17) is 5.73 Å². The first-order valence-corrected chi connectivity index (χ1v) is 7.53. The van der Waals surface area contributed by atoms with Crippen LogP contribution >= 0.6 is 0 Å². The van der Waals surface area contributed by atoms with E-state index in [2.05, 4.69) is 49.7 Å². The summed E-state index contributed by atoms with van der Waals surface area (Å²) in [6, 6.07) is 4.66. The second-order valence-electron chi connectivity index (χ2n) is 5.40. The van der Waals surface area contributed by atoms with Crippen molar-refractivity contribution < 1.29 is 0 Å². The van der Waals surface area contributed by atoms with E-state index in [9.17, 15) is 0 Å². The van der Waals surface area contributed by atoms with Gasteiger partial charge in [0.25, 0.3) is 0 Å². The van der Waals surface area contributed by atoms with Crippen LogP contribution in [0.25, 0.3) is 0 Å². The van der Waals surface area contributed by atoms with Crippen molar-refractivity contribution in [3.63, 3.8) is 0 Å². The van der Waals surface area contributed by atoms with E-state index >= 15 is 0 Å². The molecule has 0 aliphatic heterocycles. The number of likely N-dealkylation sites (N-methyl/N-ethyl adjacent to an activating group) is 1. The average molecular weight is 263 g/mol. The second-order valence-corrected chi connectivity index (χ2v) is 5.40. The molecule has 2 N–H and O–H groups in total. The van der Waals surface area contributed by atoms with Gasteiger partial charge >= 0.3 is 0 Å². The third-order valence-electron chi connectivity index (χ3n) is 3.97. The molecule has 0 aliphatic rings. The van der Waals surface area contributed by atoms with Gasteiger partial charge in [0.05, 0.1) is 0 Å². The summed E-state index contributed by atoms with van der Waals surface area (Å²) in [5.41, 5.74) is 7.67. The highest BCUT2D eigenvalue weighted by Crippen LogP contribution is 2.25. The van der Waals surface area contributed by atoms with Gasteiger partial charge < -0.3 is 5.73 Å². The smallest absolute Gasteiger partial charge is 0.0500 e. The summed E-state index contributed by atoms with van der Waals surface area (Å²) in [6.07, 6.45) is 5.93. The molecule has 108 valence electrons. The van der Waals surface area contributed by atoms with Gasteiger partial charge in [-0.1, -0.05) is 34.1 Å². The highest BCUT2D eigenvalue weighted by molar-refractivity contribution is 5.17. The van der Waals surface area contributed by atoms with E-state index in [-0.39, 0.29) is 6.04 Å². The Hall–Kier alpha value is -0.930. The molecule has 19 heavy (non-hydrogen) atoms. The monoisotopic (exact) mass is 263 g/mol. The first-order valence-electron chi connectivity index (χ1n) is 7.53. The number of nitrogens with two attached hydrogens (primary N) is 1. The van der Waals surface area contributed by atoms with Crippen LogP contribution in [-0.2, 0) is 0 Å². The van der Waals surface area contributed by atoms with Crippen molar-refractivity contribution >= 4 is 0 Å². The zero-order chi connectivity index (χ0) is 14.3. The molecule has 0 aromatic carbocycles. The predicted octanol–water partition coefficient (Wildman–Crippen LogP) is 3.23. The molecule has 1 aromatic rings. The first kappa shape index (κ1) is 16.1. The fraction of sp³-hybridized carbons (Fsp3) is 0.688. The molecule has 0 saturated heterocycles. The lowest BCUT2D eigenvalue weighted by Gasteiger charge is -2.36. The first-order chi connectivity index (χ1) is 9.13. The number of hydrogen-bond acceptors (Lipinski definition) is 3. The van der Waals surface area contributed by atoms with Crippen molar-refractivity contribution in [3.05, 3.63) is 30.1 Å².